The molecule has 0 aliphatic carbocycles. The van der Waals surface area contributed by atoms with Gasteiger partial charge < -0.3 is 25.7 Å². The Balaban J connectivity index is 1.92. The van der Waals surface area contributed by atoms with Crippen molar-refractivity contribution in [3.05, 3.63) is 53.6 Å². The Morgan fingerprint density at radius 2 is 1.56 bits per heavy atom. The molecule has 0 saturated carbocycles. The van der Waals surface area contributed by atoms with Crippen molar-refractivity contribution >= 4 is 11.9 Å². The second-order valence-corrected chi connectivity index (χ2v) is 5.65. The monoisotopic (exact) mass is 345 g/mol. The number of rotatable bonds is 7. The molecule has 0 heterocycles. The van der Waals surface area contributed by atoms with Gasteiger partial charge in [-0.3, -0.25) is 4.79 Å². The fourth-order valence-corrected chi connectivity index (χ4v) is 2.32. The maximum absolute atomic E-state index is 12.0. The predicted octanol–water partition coefficient (Wildman–Crippen LogP) is 1.55. The molecule has 2 aromatic rings. The Hall–Kier alpha value is -3.22. The molecule has 1 unspecified atom stereocenters. The highest BCUT2D eigenvalue weighted by molar-refractivity contribution is 5.83. The zero-order valence-corrected chi connectivity index (χ0v) is 13.3. The van der Waals surface area contributed by atoms with Crippen molar-refractivity contribution in [3.8, 4) is 17.2 Å². The first-order chi connectivity index (χ1) is 11.8. The summed E-state index contributed by atoms with van der Waals surface area (Å²) in [5, 5.41) is 39.6. The standard InChI is InChI=1S/C18H19NO6/c20-13-5-1-11(2-6-13)9-14(18(24)25)19-17(23)8-4-12-3-7-15(21)16(22)10-12/h1-3,5-7,10,14,20-22H,4,8-9H2,(H,19,23)(H,24,25). The Kier molecular flexibility index (Phi) is 5.84. The number of carbonyl (C=O) groups excluding carboxylic acids is 1. The molecular weight excluding hydrogens is 326 g/mol. The number of aryl methyl sites for hydroxylation is 1. The van der Waals surface area contributed by atoms with E-state index in [1.807, 2.05) is 0 Å². The maximum atomic E-state index is 12.0. The summed E-state index contributed by atoms with van der Waals surface area (Å²) in [5.41, 5.74) is 1.32. The summed E-state index contributed by atoms with van der Waals surface area (Å²) >= 11 is 0. The van der Waals surface area contributed by atoms with Crippen LogP contribution in [0.5, 0.6) is 17.2 Å². The van der Waals surface area contributed by atoms with E-state index in [-0.39, 0.29) is 30.1 Å². The number of carboxylic acids is 1. The number of phenolic OH excluding ortho intramolecular Hbond substituents is 3. The van der Waals surface area contributed by atoms with E-state index in [0.717, 1.165) is 0 Å². The van der Waals surface area contributed by atoms with E-state index in [9.17, 15) is 30.0 Å². The third kappa shape index (κ3) is 5.42. The largest absolute Gasteiger partial charge is 0.508 e. The van der Waals surface area contributed by atoms with Crippen molar-refractivity contribution in [3.63, 3.8) is 0 Å². The molecule has 25 heavy (non-hydrogen) atoms. The quantitative estimate of drug-likeness (QED) is 0.485. The summed E-state index contributed by atoms with van der Waals surface area (Å²) in [5.74, 6) is -2.01. The minimum absolute atomic E-state index is 0.0452. The fraction of sp³-hybridized carbons (Fsp3) is 0.222. The first kappa shape index (κ1) is 18.1. The van der Waals surface area contributed by atoms with E-state index < -0.39 is 17.9 Å². The molecule has 132 valence electrons. The van der Waals surface area contributed by atoms with Gasteiger partial charge in [-0.1, -0.05) is 18.2 Å². The van der Waals surface area contributed by atoms with Crippen LogP contribution in [0, 0.1) is 0 Å². The van der Waals surface area contributed by atoms with Crippen LogP contribution in [0.3, 0.4) is 0 Å². The summed E-state index contributed by atoms with van der Waals surface area (Å²) in [4.78, 5) is 23.3. The molecule has 0 fully saturated rings. The summed E-state index contributed by atoms with van der Waals surface area (Å²) in [6, 6.07) is 9.27. The van der Waals surface area contributed by atoms with Crippen molar-refractivity contribution in [1.29, 1.82) is 0 Å². The number of hydrogen-bond acceptors (Lipinski definition) is 5. The van der Waals surface area contributed by atoms with Crippen molar-refractivity contribution < 1.29 is 30.0 Å². The number of amides is 1. The van der Waals surface area contributed by atoms with E-state index in [4.69, 9.17) is 0 Å². The normalized spacial score (nSPS) is 11.7. The lowest BCUT2D eigenvalue weighted by atomic mass is 10.0. The molecule has 0 radical (unpaired) electrons. The second-order valence-electron chi connectivity index (χ2n) is 5.65. The first-order valence-electron chi connectivity index (χ1n) is 7.66. The summed E-state index contributed by atoms with van der Waals surface area (Å²) in [6.07, 6.45) is 0.441. The van der Waals surface area contributed by atoms with Gasteiger partial charge in [0.2, 0.25) is 5.91 Å². The molecule has 2 aromatic carbocycles. The van der Waals surface area contributed by atoms with Crippen LogP contribution >= 0.6 is 0 Å². The van der Waals surface area contributed by atoms with Crippen LogP contribution in [-0.2, 0) is 22.4 Å². The fourth-order valence-electron chi connectivity index (χ4n) is 2.32. The molecule has 0 aromatic heterocycles. The van der Waals surface area contributed by atoms with Gasteiger partial charge in [-0.2, -0.15) is 0 Å². The minimum Gasteiger partial charge on any atom is -0.508 e. The van der Waals surface area contributed by atoms with Gasteiger partial charge in [-0.15, -0.1) is 0 Å². The number of phenols is 3. The van der Waals surface area contributed by atoms with E-state index in [1.165, 1.54) is 24.3 Å². The number of carboxylic acid groups (broad SMARTS) is 1. The number of carbonyl (C=O) groups is 2. The summed E-state index contributed by atoms with van der Waals surface area (Å²) in [7, 11) is 0. The lowest BCUT2D eigenvalue weighted by Gasteiger charge is -2.15. The third-order valence-electron chi connectivity index (χ3n) is 3.69. The molecule has 0 spiro atoms. The van der Waals surface area contributed by atoms with Gasteiger partial charge in [-0.05, 0) is 41.8 Å². The molecular formula is C18H19NO6. The van der Waals surface area contributed by atoms with Crippen LogP contribution in [0.15, 0.2) is 42.5 Å². The average Bonchev–Trinajstić information content (AvgIpc) is 2.57. The minimum atomic E-state index is -1.15. The molecule has 0 aliphatic heterocycles. The topological polar surface area (TPSA) is 127 Å². The number of hydrogen-bond donors (Lipinski definition) is 5. The first-order valence-corrected chi connectivity index (χ1v) is 7.66. The van der Waals surface area contributed by atoms with E-state index >= 15 is 0 Å². The van der Waals surface area contributed by atoms with Gasteiger partial charge in [0.15, 0.2) is 11.5 Å². The van der Waals surface area contributed by atoms with Crippen LogP contribution in [0.2, 0.25) is 0 Å². The van der Waals surface area contributed by atoms with Gasteiger partial charge >= 0.3 is 5.97 Å². The molecule has 7 nitrogen and oxygen atoms in total. The molecule has 1 amide bonds. The van der Waals surface area contributed by atoms with Crippen LogP contribution in [-0.4, -0.2) is 38.3 Å². The highest BCUT2D eigenvalue weighted by Gasteiger charge is 2.20. The van der Waals surface area contributed by atoms with Gasteiger partial charge in [0.1, 0.15) is 11.8 Å². The van der Waals surface area contributed by atoms with Gasteiger partial charge in [-0.25, -0.2) is 4.79 Å². The van der Waals surface area contributed by atoms with Gasteiger partial charge in [0, 0.05) is 12.8 Å². The second kappa shape index (κ2) is 8.05. The molecule has 5 N–H and O–H groups in total. The Labute approximate surface area is 144 Å². The summed E-state index contributed by atoms with van der Waals surface area (Å²) < 4.78 is 0. The highest BCUT2D eigenvalue weighted by Crippen LogP contribution is 2.25. The zero-order chi connectivity index (χ0) is 18.4. The molecule has 1 atom stereocenters. The van der Waals surface area contributed by atoms with Crippen molar-refractivity contribution in [2.75, 3.05) is 0 Å². The molecule has 2 rings (SSSR count). The lowest BCUT2D eigenvalue weighted by Crippen LogP contribution is -2.42. The van der Waals surface area contributed by atoms with Crippen LogP contribution in [0.25, 0.3) is 0 Å². The van der Waals surface area contributed by atoms with Crippen LogP contribution < -0.4 is 5.32 Å². The molecule has 0 bridgehead atoms. The SMILES string of the molecule is O=C(CCc1ccc(O)c(O)c1)NC(Cc1ccc(O)cc1)C(=O)O. The molecule has 0 saturated heterocycles. The van der Waals surface area contributed by atoms with E-state index in [1.54, 1.807) is 18.2 Å². The van der Waals surface area contributed by atoms with Crippen molar-refractivity contribution in [2.45, 2.75) is 25.3 Å². The van der Waals surface area contributed by atoms with Crippen molar-refractivity contribution in [1.82, 2.24) is 5.32 Å². The third-order valence-corrected chi connectivity index (χ3v) is 3.69. The lowest BCUT2D eigenvalue weighted by molar-refractivity contribution is -0.141. The number of aliphatic carboxylic acids is 1. The maximum Gasteiger partial charge on any atom is 0.326 e. The number of benzene rings is 2. The predicted molar refractivity (Wildman–Crippen MR) is 89.5 cm³/mol. The van der Waals surface area contributed by atoms with E-state index in [0.29, 0.717) is 17.5 Å². The molecule has 0 aliphatic rings. The van der Waals surface area contributed by atoms with Gasteiger partial charge in [0.05, 0.1) is 0 Å². The Morgan fingerprint density at radius 3 is 2.16 bits per heavy atom. The van der Waals surface area contributed by atoms with E-state index in [2.05, 4.69) is 5.32 Å². The Morgan fingerprint density at radius 1 is 0.920 bits per heavy atom. The average molecular weight is 345 g/mol. The van der Waals surface area contributed by atoms with Crippen LogP contribution in [0.4, 0.5) is 0 Å². The molecule has 7 heteroatoms. The summed E-state index contributed by atoms with van der Waals surface area (Å²) in [6.45, 7) is 0. The Bertz CT molecular complexity index is 757. The number of nitrogens with one attached hydrogen (secondary N) is 1. The van der Waals surface area contributed by atoms with Crippen LogP contribution in [0.1, 0.15) is 17.5 Å². The highest BCUT2D eigenvalue weighted by atomic mass is 16.4. The number of aromatic hydroxyl groups is 3. The zero-order valence-electron chi connectivity index (χ0n) is 13.3. The smallest absolute Gasteiger partial charge is 0.326 e. The van der Waals surface area contributed by atoms with Gasteiger partial charge in [0.25, 0.3) is 0 Å². The van der Waals surface area contributed by atoms with Crippen molar-refractivity contribution in [2.24, 2.45) is 0 Å².